The van der Waals surface area contributed by atoms with Crippen LogP contribution in [0.1, 0.15) is 21.8 Å². The van der Waals surface area contributed by atoms with E-state index in [0.717, 1.165) is 5.69 Å². The van der Waals surface area contributed by atoms with Crippen molar-refractivity contribution in [1.29, 1.82) is 0 Å². The monoisotopic (exact) mass is 273 g/mol. The topological polar surface area (TPSA) is 101 Å². The molecule has 0 aliphatic heterocycles. The minimum absolute atomic E-state index is 0.158. The second-order valence-electron chi connectivity index (χ2n) is 4.29. The maximum Gasteiger partial charge on any atom is 0.335 e. The van der Waals surface area contributed by atoms with Crippen LogP contribution in [0, 0.1) is 6.92 Å². The van der Waals surface area contributed by atoms with Gasteiger partial charge in [0.05, 0.1) is 17.8 Å². The third-order valence-electron chi connectivity index (χ3n) is 2.73. The first kappa shape index (κ1) is 12.2. The number of fused-ring (bicyclic) bond motifs is 1. The van der Waals surface area contributed by atoms with E-state index in [1.165, 1.54) is 12.1 Å². The Morgan fingerprint density at radius 3 is 2.95 bits per heavy atom. The fraction of sp³-hybridized carbons (Fsp3) is 0.154. The van der Waals surface area contributed by atoms with Gasteiger partial charge in [0.2, 0.25) is 0 Å². The van der Waals surface area contributed by atoms with Crippen LogP contribution < -0.4 is 5.32 Å². The highest BCUT2D eigenvalue weighted by Gasteiger charge is 2.10. The van der Waals surface area contributed by atoms with Gasteiger partial charge >= 0.3 is 5.97 Å². The molecule has 7 nitrogen and oxygen atoms in total. The zero-order valence-corrected chi connectivity index (χ0v) is 10.6. The van der Waals surface area contributed by atoms with Gasteiger partial charge in [-0.25, -0.2) is 4.79 Å². The molecule has 0 fully saturated rings. The van der Waals surface area contributed by atoms with Gasteiger partial charge in [-0.3, -0.25) is 0 Å². The van der Waals surface area contributed by atoms with Crippen molar-refractivity contribution in [2.45, 2.75) is 13.5 Å². The normalized spacial score (nSPS) is 10.8. The second kappa shape index (κ2) is 4.69. The van der Waals surface area contributed by atoms with Crippen LogP contribution in [0.4, 0.5) is 6.01 Å². The van der Waals surface area contributed by atoms with Gasteiger partial charge in [-0.05, 0) is 25.1 Å². The number of aromatic nitrogens is 2. The molecular formula is C13H11N3O4. The number of hydrogen-bond acceptors (Lipinski definition) is 6. The van der Waals surface area contributed by atoms with Crippen molar-refractivity contribution in [2.75, 3.05) is 5.32 Å². The largest absolute Gasteiger partial charge is 0.478 e. The number of aryl methyl sites for hydroxylation is 1. The first-order valence-electron chi connectivity index (χ1n) is 5.92. The van der Waals surface area contributed by atoms with Gasteiger partial charge in [-0.1, -0.05) is 5.16 Å². The number of carboxylic acids is 1. The number of nitrogens with zero attached hydrogens (tertiary/aromatic N) is 2. The van der Waals surface area contributed by atoms with Crippen LogP contribution in [0.3, 0.4) is 0 Å². The molecule has 0 amide bonds. The molecule has 0 radical (unpaired) electrons. The average Bonchev–Trinajstić information content (AvgIpc) is 3.00. The Kier molecular flexibility index (Phi) is 2.86. The lowest BCUT2D eigenvalue weighted by molar-refractivity contribution is 0.0697. The molecule has 2 aromatic heterocycles. The molecule has 0 atom stereocenters. The highest BCUT2D eigenvalue weighted by Crippen LogP contribution is 2.20. The van der Waals surface area contributed by atoms with Crippen LogP contribution in [0.15, 0.2) is 33.2 Å². The maximum absolute atomic E-state index is 10.9. The number of carbonyl (C=O) groups is 1. The molecule has 7 heteroatoms. The molecule has 2 N–H and O–H groups in total. The molecule has 0 bridgehead atoms. The quantitative estimate of drug-likeness (QED) is 0.752. The molecule has 0 aliphatic carbocycles. The Balaban J connectivity index is 1.80. The lowest BCUT2D eigenvalue weighted by Crippen LogP contribution is -1.97. The molecule has 3 rings (SSSR count). The van der Waals surface area contributed by atoms with Gasteiger partial charge in [-0.15, -0.1) is 0 Å². The summed E-state index contributed by atoms with van der Waals surface area (Å²) in [5, 5.41) is 15.6. The van der Waals surface area contributed by atoms with Crippen LogP contribution in [0.2, 0.25) is 0 Å². The Labute approximate surface area is 113 Å². The molecule has 1 aromatic carbocycles. The SMILES string of the molecule is Cc1cc(CNc2nc3ccc(C(=O)O)cc3o2)on1. The second-order valence-corrected chi connectivity index (χ2v) is 4.29. The number of nitrogens with one attached hydrogen (secondary N) is 1. The fourth-order valence-electron chi connectivity index (χ4n) is 1.80. The van der Waals surface area contributed by atoms with Crippen LogP contribution in [0.25, 0.3) is 11.1 Å². The summed E-state index contributed by atoms with van der Waals surface area (Å²) in [5.41, 5.74) is 1.96. The minimum Gasteiger partial charge on any atom is -0.478 e. The van der Waals surface area contributed by atoms with Gasteiger partial charge < -0.3 is 19.4 Å². The molecule has 0 unspecified atom stereocenters. The molecular weight excluding hydrogens is 262 g/mol. The van der Waals surface area contributed by atoms with Crippen molar-refractivity contribution >= 4 is 23.1 Å². The summed E-state index contributed by atoms with van der Waals surface area (Å²) in [5.74, 6) is -0.342. The van der Waals surface area contributed by atoms with E-state index in [-0.39, 0.29) is 5.56 Å². The highest BCUT2D eigenvalue weighted by molar-refractivity contribution is 5.92. The molecule has 20 heavy (non-hydrogen) atoms. The van der Waals surface area contributed by atoms with E-state index in [4.69, 9.17) is 14.0 Å². The number of aromatic carboxylic acids is 1. The number of benzene rings is 1. The standard InChI is InChI=1S/C13H11N3O4/c1-7-4-9(20-16-7)6-14-13-15-10-3-2-8(12(17)18)5-11(10)19-13/h2-5H,6H2,1H3,(H,14,15)(H,17,18). The summed E-state index contributed by atoms with van der Waals surface area (Å²) in [4.78, 5) is 15.1. The summed E-state index contributed by atoms with van der Waals surface area (Å²) in [6.07, 6.45) is 0. The molecule has 102 valence electrons. The van der Waals surface area contributed by atoms with E-state index in [1.807, 2.05) is 6.92 Å². The van der Waals surface area contributed by atoms with E-state index < -0.39 is 5.97 Å². The van der Waals surface area contributed by atoms with Crippen molar-refractivity contribution in [3.63, 3.8) is 0 Å². The lowest BCUT2D eigenvalue weighted by Gasteiger charge is -1.95. The van der Waals surface area contributed by atoms with E-state index in [2.05, 4.69) is 15.5 Å². The maximum atomic E-state index is 10.9. The summed E-state index contributed by atoms with van der Waals surface area (Å²) in [6, 6.07) is 6.63. The lowest BCUT2D eigenvalue weighted by atomic mass is 10.2. The molecule has 0 spiro atoms. The van der Waals surface area contributed by atoms with Gasteiger partial charge in [-0.2, -0.15) is 4.98 Å². The van der Waals surface area contributed by atoms with Gasteiger partial charge in [0.25, 0.3) is 6.01 Å². The third-order valence-corrected chi connectivity index (χ3v) is 2.73. The van der Waals surface area contributed by atoms with Crippen LogP contribution in [-0.2, 0) is 6.54 Å². The Morgan fingerprint density at radius 2 is 2.25 bits per heavy atom. The Bertz CT molecular complexity index is 775. The molecule has 0 saturated heterocycles. The van der Waals surface area contributed by atoms with Crippen LogP contribution in [-0.4, -0.2) is 21.2 Å². The number of hydrogen-bond donors (Lipinski definition) is 2. The summed E-state index contributed by atoms with van der Waals surface area (Å²) >= 11 is 0. The van der Waals surface area contributed by atoms with Crippen molar-refractivity contribution in [3.05, 3.63) is 41.3 Å². The predicted octanol–water partition coefficient (Wildman–Crippen LogP) is 2.43. The van der Waals surface area contributed by atoms with Crippen molar-refractivity contribution in [3.8, 4) is 0 Å². The number of rotatable bonds is 4. The first-order valence-corrected chi connectivity index (χ1v) is 5.92. The van der Waals surface area contributed by atoms with Crippen molar-refractivity contribution in [2.24, 2.45) is 0 Å². The molecule has 0 aliphatic rings. The average molecular weight is 273 g/mol. The van der Waals surface area contributed by atoms with E-state index in [0.29, 0.717) is 29.4 Å². The highest BCUT2D eigenvalue weighted by atomic mass is 16.5. The van der Waals surface area contributed by atoms with E-state index >= 15 is 0 Å². The molecule has 3 aromatic rings. The van der Waals surface area contributed by atoms with E-state index in [9.17, 15) is 4.79 Å². The van der Waals surface area contributed by atoms with Crippen molar-refractivity contribution < 1.29 is 18.8 Å². The number of carboxylic acid groups (broad SMARTS) is 1. The molecule has 0 saturated carbocycles. The van der Waals surface area contributed by atoms with Crippen LogP contribution >= 0.6 is 0 Å². The summed E-state index contributed by atoms with van der Waals surface area (Å²) in [6.45, 7) is 2.22. The van der Waals surface area contributed by atoms with Gasteiger partial charge in [0.1, 0.15) is 5.52 Å². The smallest absolute Gasteiger partial charge is 0.335 e. The number of anilines is 1. The third kappa shape index (κ3) is 2.33. The van der Waals surface area contributed by atoms with Gasteiger partial charge in [0.15, 0.2) is 11.3 Å². The van der Waals surface area contributed by atoms with Crippen LogP contribution in [0.5, 0.6) is 0 Å². The van der Waals surface area contributed by atoms with Crippen molar-refractivity contribution in [1.82, 2.24) is 10.1 Å². The predicted molar refractivity (Wildman–Crippen MR) is 69.5 cm³/mol. The summed E-state index contributed by atoms with van der Waals surface area (Å²) < 4.78 is 10.5. The van der Waals surface area contributed by atoms with Gasteiger partial charge in [0, 0.05) is 6.07 Å². The zero-order chi connectivity index (χ0) is 14.1. The minimum atomic E-state index is -1.00. The Hall–Kier alpha value is -2.83. The summed E-state index contributed by atoms with van der Waals surface area (Å²) in [7, 11) is 0. The van der Waals surface area contributed by atoms with E-state index in [1.54, 1.807) is 12.1 Å². The zero-order valence-electron chi connectivity index (χ0n) is 10.6. The fourth-order valence-corrected chi connectivity index (χ4v) is 1.80. The Morgan fingerprint density at radius 1 is 1.40 bits per heavy atom. The number of oxazole rings is 1. The first-order chi connectivity index (χ1) is 9.61. The molecule has 2 heterocycles.